The molecule has 0 saturated carbocycles. The summed E-state index contributed by atoms with van der Waals surface area (Å²) in [6, 6.07) is 3.05. The number of hydrogen-bond acceptors (Lipinski definition) is 2. The van der Waals surface area contributed by atoms with Gasteiger partial charge in [0.1, 0.15) is 11.8 Å². The van der Waals surface area contributed by atoms with Crippen molar-refractivity contribution in [3.8, 4) is 6.07 Å². The quantitative estimate of drug-likeness (QED) is 0.713. The molecule has 0 aliphatic heterocycles. The van der Waals surface area contributed by atoms with E-state index < -0.39 is 6.43 Å². The minimum Gasteiger partial charge on any atom is -0.242 e. The van der Waals surface area contributed by atoms with E-state index in [9.17, 15) is 8.78 Å². The van der Waals surface area contributed by atoms with Crippen molar-refractivity contribution in [2.75, 3.05) is 0 Å². The van der Waals surface area contributed by atoms with Crippen LogP contribution in [0, 0.1) is 18.3 Å². The lowest BCUT2D eigenvalue weighted by Gasteiger charge is -2.06. The lowest BCUT2D eigenvalue weighted by atomic mass is 10.1. The molecule has 0 atom stereocenters. The van der Waals surface area contributed by atoms with Crippen LogP contribution in [0.5, 0.6) is 0 Å². The van der Waals surface area contributed by atoms with E-state index >= 15 is 0 Å². The van der Waals surface area contributed by atoms with Crippen molar-refractivity contribution >= 4 is 11.6 Å². The van der Waals surface area contributed by atoms with Crippen molar-refractivity contribution < 1.29 is 8.78 Å². The first-order chi connectivity index (χ1) is 6.60. The van der Waals surface area contributed by atoms with Crippen LogP contribution in [-0.2, 0) is 5.88 Å². The molecule has 1 aromatic rings. The SMILES string of the molecule is Cc1nc(C#N)c(CCl)cc1C(F)F. The van der Waals surface area contributed by atoms with E-state index in [1.165, 1.54) is 13.0 Å². The number of aromatic nitrogens is 1. The summed E-state index contributed by atoms with van der Waals surface area (Å²) in [4.78, 5) is 3.76. The summed E-state index contributed by atoms with van der Waals surface area (Å²) in [7, 11) is 0. The Bertz CT molecular complexity index is 384. The molecule has 0 fully saturated rings. The lowest BCUT2D eigenvalue weighted by Crippen LogP contribution is -2.00. The van der Waals surface area contributed by atoms with E-state index in [0.29, 0.717) is 5.56 Å². The summed E-state index contributed by atoms with van der Waals surface area (Å²) >= 11 is 5.50. The zero-order chi connectivity index (χ0) is 10.7. The van der Waals surface area contributed by atoms with Crippen molar-refractivity contribution in [2.45, 2.75) is 19.2 Å². The van der Waals surface area contributed by atoms with Gasteiger partial charge < -0.3 is 0 Å². The number of pyridine rings is 1. The molecule has 5 heteroatoms. The van der Waals surface area contributed by atoms with Gasteiger partial charge in [-0.3, -0.25) is 0 Å². The van der Waals surface area contributed by atoms with Crippen LogP contribution in [0.4, 0.5) is 8.78 Å². The molecule has 0 aromatic carbocycles. The number of nitriles is 1. The van der Waals surface area contributed by atoms with Crippen molar-refractivity contribution in [3.05, 3.63) is 28.6 Å². The fourth-order valence-electron chi connectivity index (χ4n) is 1.08. The van der Waals surface area contributed by atoms with Crippen LogP contribution in [-0.4, -0.2) is 4.98 Å². The van der Waals surface area contributed by atoms with Crippen LogP contribution < -0.4 is 0 Å². The molecule has 74 valence electrons. The Balaban J connectivity index is 3.32. The minimum atomic E-state index is -2.59. The largest absolute Gasteiger partial charge is 0.265 e. The van der Waals surface area contributed by atoms with Crippen LogP contribution >= 0.6 is 11.6 Å². The van der Waals surface area contributed by atoms with Gasteiger partial charge in [-0.1, -0.05) is 0 Å². The third-order valence-corrected chi connectivity index (χ3v) is 2.10. The molecule has 0 radical (unpaired) electrons. The summed E-state index contributed by atoms with van der Waals surface area (Å²) in [6.07, 6.45) is -2.59. The van der Waals surface area contributed by atoms with Crippen molar-refractivity contribution in [1.82, 2.24) is 4.98 Å². The van der Waals surface area contributed by atoms with Crippen molar-refractivity contribution in [2.24, 2.45) is 0 Å². The van der Waals surface area contributed by atoms with Crippen LogP contribution in [0.1, 0.15) is 28.9 Å². The van der Waals surface area contributed by atoms with Crippen LogP contribution in [0.2, 0.25) is 0 Å². The Morgan fingerprint density at radius 1 is 1.64 bits per heavy atom. The van der Waals surface area contributed by atoms with E-state index in [1.807, 2.05) is 6.07 Å². The standard InChI is InChI=1S/C9H7ClF2N2/c1-5-7(9(11)12)2-6(3-10)8(4-13)14-5/h2,9H,3H2,1H3. The molecule has 1 heterocycles. The normalized spacial score (nSPS) is 10.3. The van der Waals surface area contributed by atoms with E-state index in [1.54, 1.807) is 0 Å². The second-order valence-electron chi connectivity index (χ2n) is 2.72. The number of halogens is 3. The number of aryl methyl sites for hydroxylation is 1. The zero-order valence-electron chi connectivity index (χ0n) is 7.39. The number of alkyl halides is 3. The maximum atomic E-state index is 12.4. The first-order valence-corrected chi connectivity index (χ1v) is 4.38. The van der Waals surface area contributed by atoms with E-state index in [-0.39, 0.29) is 22.8 Å². The summed E-state index contributed by atoms with van der Waals surface area (Å²) in [5.41, 5.74) is 0.460. The Hall–Kier alpha value is -1.21. The molecule has 0 aliphatic carbocycles. The minimum absolute atomic E-state index is 0.00981. The third-order valence-electron chi connectivity index (χ3n) is 1.82. The molecule has 0 saturated heterocycles. The van der Waals surface area contributed by atoms with E-state index in [4.69, 9.17) is 16.9 Å². The predicted octanol–water partition coefficient (Wildman–Crippen LogP) is 2.94. The van der Waals surface area contributed by atoms with Gasteiger partial charge in [-0.25, -0.2) is 13.8 Å². The second-order valence-corrected chi connectivity index (χ2v) is 2.98. The van der Waals surface area contributed by atoms with Gasteiger partial charge in [-0.2, -0.15) is 5.26 Å². The summed E-state index contributed by atoms with van der Waals surface area (Å²) in [6.45, 7) is 1.44. The molecule has 0 bridgehead atoms. The van der Waals surface area contributed by atoms with Gasteiger partial charge in [0.05, 0.1) is 5.88 Å². The van der Waals surface area contributed by atoms with Gasteiger partial charge in [0.25, 0.3) is 6.43 Å². The maximum Gasteiger partial charge on any atom is 0.265 e. The van der Waals surface area contributed by atoms with Crippen LogP contribution in [0.25, 0.3) is 0 Å². The predicted molar refractivity (Wildman–Crippen MR) is 48.2 cm³/mol. The second kappa shape index (κ2) is 4.34. The smallest absolute Gasteiger partial charge is 0.242 e. The summed E-state index contributed by atoms with van der Waals surface area (Å²) < 4.78 is 24.8. The molecule has 0 amide bonds. The van der Waals surface area contributed by atoms with Crippen LogP contribution in [0.3, 0.4) is 0 Å². The molecule has 2 nitrogen and oxygen atoms in total. The Morgan fingerprint density at radius 2 is 2.29 bits per heavy atom. The van der Waals surface area contributed by atoms with E-state index in [0.717, 1.165) is 0 Å². The van der Waals surface area contributed by atoms with Gasteiger partial charge in [-0.15, -0.1) is 11.6 Å². The molecule has 0 aliphatic rings. The zero-order valence-corrected chi connectivity index (χ0v) is 8.15. The lowest BCUT2D eigenvalue weighted by molar-refractivity contribution is 0.150. The monoisotopic (exact) mass is 216 g/mol. The Labute approximate surface area is 85.1 Å². The highest BCUT2D eigenvalue weighted by atomic mass is 35.5. The first kappa shape index (κ1) is 10.9. The molecule has 1 aromatic heterocycles. The van der Waals surface area contributed by atoms with E-state index in [2.05, 4.69) is 4.98 Å². The Kier molecular flexibility index (Phi) is 3.37. The first-order valence-electron chi connectivity index (χ1n) is 3.84. The maximum absolute atomic E-state index is 12.4. The number of rotatable bonds is 2. The fraction of sp³-hybridized carbons (Fsp3) is 0.333. The van der Waals surface area contributed by atoms with Gasteiger partial charge in [0.15, 0.2) is 0 Å². The molecule has 0 unspecified atom stereocenters. The van der Waals surface area contributed by atoms with Crippen LogP contribution in [0.15, 0.2) is 6.07 Å². The highest BCUT2D eigenvalue weighted by Gasteiger charge is 2.15. The van der Waals surface area contributed by atoms with Gasteiger partial charge >= 0.3 is 0 Å². The molecule has 1 rings (SSSR count). The van der Waals surface area contributed by atoms with Gasteiger partial charge in [-0.05, 0) is 13.0 Å². The fourth-order valence-corrected chi connectivity index (χ4v) is 1.29. The summed E-state index contributed by atoms with van der Waals surface area (Å²) in [5.74, 6) is 0.00981. The topological polar surface area (TPSA) is 36.7 Å². The molecule has 14 heavy (non-hydrogen) atoms. The average molecular weight is 217 g/mol. The molecule has 0 spiro atoms. The highest BCUT2D eigenvalue weighted by Crippen LogP contribution is 2.24. The molecular weight excluding hydrogens is 210 g/mol. The van der Waals surface area contributed by atoms with Gasteiger partial charge in [0.2, 0.25) is 0 Å². The number of nitrogens with zero attached hydrogens (tertiary/aromatic N) is 2. The highest BCUT2D eigenvalue weighted by molar-refractivity contribution is 6.17. The molecule has 0 N–H and O–H groups in total. The average Bonchev–Trinajstić information content (AvgIpc) is 2.16. The van der Waals surface area contributed by atoms with Crippen molar-refractivity contribution in [3.63, 3.8) is 0 Å². The van der Waals surface area contributed by atoms with Gasteiger partial charge in [0, 0.05) is 16.8 Å². The van der Waals surface area contributed by atoms with Crippen molar-refractivity contribution in [1.29, 1.82) is 5.26 Å². The summed E-state index contributed by atoms with van der Waals surface area (Å²) in [5, 5.41) is 8.64. The molecular formula is C9H7ClF2N2. The number of hydrogen-bond donors (Lipinski definition) is 0. The Morgan fingerprint density at radius 3 is 2.71 bits per heavy atom. The third kappa shape index (κ3) is 1.99.